The van der Waals surface area contributed by atoms with Gasteiger partial charge in [-0.25, -0.2) is 13.6 Å². The number of hydrogen-bond acceptors (Lipinski definition) is 5. The van der Waals surface area contributed by atoms with Crippen molar-refractivity contribution in [2.24, 2.45) is 0 Å². The molecule has 1 aliphatic heterocycles. The molecule has 2 aromatic carbocycles. The number of anilines is 1. The van der Waals surface area contributed by atoms with Crippen LogP contribution in [-0.2, 0) is 15.5 Å². The van der Waals surface area contributed by atoms with Crippen LogP contribution in [0.5, 0.6) is 0 Å². The van der Waals surface area contributed by atoms with Crippen molar-refractivity contribution >= 4 is 22.5 Å². The summed E-state index contributed by atoms with van der Waals surface area (Å²) in [5.41, 5.74) is 3.09. The van der Waals surface area contributed by atoms with Gasteiger partial charge in [0.15, 0.2) is 11.6 Å². The average molecular weight is 531 g/mol. The Bertz CT molecular complexity index is 1210. The number of nitrogens with one attached hydrogen (secondary N) is 2. The number of pyridine rings is 1. The molecule has 4 rings (SSSR count). The number of carbonyl (C=O) groups excluding carboxylic acids is 1. The lowest BCUT2D eigenvalue weighted by Gasteiger charge is -2.17. The van der Waals surface area contributed by atoms with Crippen LogP contribution in [0.4, 0.5) is 19.3 Å². The molecule has 10 heteroatoms. The number of carbonyl (C=O) groups is 1. The molecule has 1 aliphatic rings. The molecule has 0 radical (unpaired) electrons. The second-order valence-electron chi connectivity index (χ2n) is 8.60. The molecule has 2 unspecified atom stereocenters. The smallest absolute Gasteiger partial charge is 0.319 e. The number of aryl methyl sites for hydroxylation is 1. The number of benzene rings is 2. The summed E-state index contributed by atoms with van der Waals surface area (Å²) in [5.74, 6) is -1.60. The highest BCUT2D eigenvalue weighted by Crippen LogP contribution is 2.23. The van der Waals surface area contributed by atoms with Gasteiger partial charge < -0.3 is 15.4 Å². The van der Waals surface area contributed by atoms with Gasteiger partial charge in [0.2, 0.25) is 0 Å². The third-order valence-electron chi connectivity index (χ3n) is 5.84. The Kier molecular flexibility index (Phi) is 10.7. The number of likely N-dealkylation sites (tertiary alicyclic amines) is 1. The van der Waals surface area contributed by atoms with Crippen molar-refractivity contribution in [1.29, 1.82) is 0 Å². The highest BCUT2D eigenvalue weighted by Gasteiger charge is 2.23. The predicted molar refractivity (Wildman–Crippen MR) is 142 cm³/mol. The first kappa shape index (κ1) is 28.4. The van der Waals surface area contributed by atoms with Crippen molar-refractivity contribution in [3.63, 3.8) is 0 Å². The van der Waals surface area contributed by atoms with E-state index in [0.717, 1.165) is 60.0 Å². The highest BCUT2D eigenvalue weighted by atomic mass is 32.2. The third kappa shape index (κ3) is 8.70. The van der Waals surface area contributed by atoms with Crippen LogP contribution in [0.25, 0.3) is 11.3 Å². The molecule has 3 aromatic rings. The van der Waals surface area contributed by atoms with Crippen LogP contribution in [0.2, 0.25) is 0 Å². The first-order valence-corrected chi connectivity index (χ1v) is 13.4. The molecule has 0 aliphatic carbocycles. The zero-order valence-electron chi connectivity index (χ0n) is 21.2. The van der Waals surface area contributed by atoms with Crippen LogP contribution in [0.15, 0.2) is 65.6 Å². The van der Waals surface area contributed by atoms with Gasteiger partial charge in [0.25, 0.3) is 0 Å². The molecule has 0 saturated carbocycles. The van der Waals surface area contributed by atoms with Crippen LogP contribution in [0.3, 0.4) is 0 Å². The van der Waals surface area contributed by atoms with E-state index in [1.54, 1.807) is 13.4 Å². The van der Waals surface area contributed by atoms with E-state index in [1.165, 1.54) is 12.1 Å². The topological polar surface area (TPSA) is 83.6 Å². The van der Waals surface area contributed by atoms with Crippen molar-refractivity contribution in [3.05, 3.63) is 78.0 Å². The van der Waals surface area contributed by atoms with Gasteiger partial charge in [-0.05, 0) is 49.7 Å². The van der Waals surface area contributed by atoms with Gasteiger partial charge in [-0.3, -0.25) is 14.1 Å². The molecule has 7 nitrogen and oxygen atoms in total. The number of methoxy groups -OCH3 is 1. The molecule has 2 heterocycles. The van der Waals surface area contributed by atoms with E-state index in [2.05, 4.69) is 20.5 Å². The molecule has 2 atom stereocenters. The van der Waals surface area contributed by atoms with Crippen LogP contribution in [-0.4, -0.2) is 65.8 Å². The summed E-state index contributed by atoms with van der Waals surface area (Å²) in [7, 11) is 0.655. The van der Waals surface area contributed by atoms with Crippen molar-refractivity contribution in [1.82, 2.24) is 15.2 Å². The summed E-state index contributed by atoms with van der Waals surface area (Å²) in [6.07, 6.45) is 2.59. The minimum absolute atomic E-state index is 0.136. The van der Waals surface area contributed by atoms with Crippen molar-refractivity contribution < 1.29 is 22.5 Å². The van der Waals surface area contributed by atoms with E-state index >= 15 is 0 Å². The molecular weight excluding hydrogens is 498 g/mol. The van der Waals surface area contributed by atoms with Crippen molar-refractivity contribution in [2.45, 2.75) is 24.3 Å². The second kappa shape index (κ2) is 13.9. The van der Waals surface area contributed by atoms with Gasteiger partial charge in [0.05, 0.1) is 23.7 Å². The molecule has 1 saturated heterocycles. The van der Waals surface area contributed by atoms with Gasteiger partial charge in [0.1, 0.15) is 0 Å². The maximum atomic E-state index is 12.4. The fourth-order valence-corrected chi connectivity index (χ4v) is 4.41. The van der Waals surface area contributed by atoms with Gasteiger partial charge in [-0.15, -0.1) is 0 Å². The Labute approximate surface area is 218 Å². The van der Waals surface area contributed by atoms with Crippen molar-refractivity contribution in [2.75, 3.05) is 44.9 Å². The number of halogens is 2. The van der Waals surface area contributed by atoms with E-state index in [9.17, 15) is 17.8 Å². The lowest BCUT2D eigenvalue weighted by atomic mass is 10.1. The van der Waals surface area contributed by atoms with Gasteiger partial charge in [-0.2, -0.15) is 0 Å². The first-order chi connectivity index (χ1) is 17.8. The Balaban J connectivity index is 0.000000405. The van der Waals surface area contributed by atoms with Crippen molar-refractivity contribution in [3.8, 4) is 11.3 Å². The number of hydrogen-bond donors (Lipinski definition) is 2. The molecule has 2 amide bonds. The second-order valence-corrected chi connectivity index (χ2v) is 9.98. The number of nitrogens with zero attached hydrogens (tertiary/aromatic N) is 2. The van der Waals surface area contributed by atoms with Crippen LogP contribution in [0.1, 0.15) is 12.1 Å². The molecule has 1 aromatic heterocycles. The Morgan fingerprint density at radius 2 is 1.86 bits per heavy atom. The maximum absolute atomic E-state index is 12.4. The maximum Gasteiger partial charge on any atom is 0.319 e. The van der Waals surface area contributed by atoms with Crippen LogP contribution in [0, 0.1) is 18.6 Å². The SMILES string of the molecule is COCCN1CCC(NC(=O)Nc2ccc(-c3cccc(S(C)=O)c3)nc2C)C1.Fc1ccccc1F. The predicted octanol–water partition coefficient (Wildman–Crippen LogP) is 4.60. The monoisotopic (exact) mass is 530 g/mol. The standard InChI is InChI=1S/C21H28N4O3S.C6H4F2/c1-15-19(24-21(26)23-17-9-10-25(14-17)11-12-28-2)7-8-20(22-15)16-5-4-6-18(13-16)29(3)27;7-5-3-1-2-4-6(5)8/h4-8,13,17H,9-12,14H2,1-3H3,(H2,23,24,26);1-4H. The number of rotatable bonds is 7. The minimum Gasteiger partial charge on any atom is -0.383 e. The Morgan fingerprint density at radius 1 is 1.14 bits per heavy atom. The lowest BCUT2D eigenvalue weighted by Crippen LogP contribution is -2.40. The molecule has 1 fully saturated rings. The lowest BCUT2D eigenvalue weighted by molar-refractivity contribution is 0.160. The van der Waals surface area contributed by atoms with E-state index in [0.29, 0.717) is 12.3 Å². The van der Waals surface area contributed by atoms with E-state index in [4.69, 9.17) is 4.74 Å². The van der Waals surface area contributed by atoms with Gasteiger partial charge in [-0.1, -0.05) is 24.3 Å². The summed E-state index contributed by atoms with van der Waals surface area (Å²) < 4.78 is 40.7. The average Bonchev–Trinajstić information content (AvgIpc) is 3.33. The Morgan fingerprint density at radius 3 is 2.49 bits per heavy atom. The largest absolute Gasteiger partial charge is 0.383 e. The molecule has 0 spiro atoms. The summed E-state index contributed by atoms with van der Waals surface area (Å²) in [6.45, 7) is 5.25. The van der Waals surface area contributed by atoms with E-state index in [-0.39, 0.29) is 12.1 Å². The Hall–Kier alpha value is -3.21. The summed E-state index contributed by atoms with van der Waals surface area (Å²) in [5, 5.41) is 5.93. The zero-order chi connectivity index (χ0) is 26.8. The first-order valence-electron chi connectivity index (χ1n) is 11.9. The molecule has 2 N–H and O–H groups in total. The minimum atomic E-state index is -1.04. The number of ether oxygens (including phenoxy) is 1. The number of urea groups is 1. The number of amides is 2. The van der Waals surface area contributed by atoms with Crippen LogP contribution < -0.4 is 10.6 Å². The third-order valence-corrected chi connectivity index (χ3v) is 6.76. The highest BCUT2D eigenvalue weighted by molar-refractivity contribution is 7.84. The molecule has 198 valence electrons. The summed E-state index contributed by atoms with van der Waals surface area (Å²) >= 11 is 0. The summed E-state index contributed by atoms with van der Waals surface area (Å²) in [6, 6.07) is 16.2. The van der Waals surface area contributed by atoms with Crippen LogP contribution >= 0.6 is 0 Å². The quantitative estimate of drug-likeness (QED) is 0.467. The summed E-state index contributed by atoms with van der Waals surface area (Å²) in [4.78, 5) is 20.0. The molecule has 37 heavy (non-hydrogen) atoms. The molecule has 0 bridgehead atoms. The van der Waals surface area contributed by atoms with Gasteiger partial charge in [0, 0.05) is 60.3 Å². The molecular formula is C27H32F2N4O3S. The van der Waals surface area contributed by atoms with E-state index in [1.807, 2.05) is 43.3 Å². The van der Waals surface area contributed by atoms with E-state index < -0.39 is 22.4 Å². The normalized spacial score (nSPS) is 16.0. The fourth-order valence-electron chi connectivity index (χ4n) is 3.85. The van der Waals surface area contributed by atoms with Gasteiger partial charge >= 0.3 is 6.03 Å². The fraction of sp³-hybridized carbons (Fsp3) is 0.333. The number of aromatic nitrogens is 1. The zero-order valence-corrected chi connectivity index (χ0v) is 22.0.